The van der Waals surface area contributed by atoms with Gasteiger partial charge in [0.15, 0.2) is 17.6 Å². The zero-order valence-electron chi connectivity index (χ0n) is 15.5. The number of aryl methyl sites for hydroxylation is 1. The summed E-state index contributed by atoms with van der Waals surface area (Å²) in [4.78, 5) is 13.8. The van der Waals surface area contributed by atoms with Gasteiger partial charge in [-0.2, -0.15) is 5.26 Å². The van der Waals surface area contributed by atoms with E-state index in [1.807, 2.05) is 18.2 Å². The summed E-state index contributed by atoms with van der Waals surface area (Å²) in [5.41, 5.74) is 2.74. The van der Waals surface area contributed by atoms with E-state index in [9.17, 15) is 10.1 Å². The topological polar surface area (TPSA) is 71.3 Å². The molecule has 1 N–H and O–H groups in total. The molecule has 1 heterocycles. The third kappa shape index (κ3) is 3.99. The first-order valence-electron chi connectivity index (χ1n) is 8.87. The van der Waals surface area contributed by atoms with Crippen molar-refractivity contribution in [3.63, 3.8) is 0 Å². The van der Waals surface area contributed by atoms with E-state index in [0.717, 1.165) is 36.8 Å². The van der Waals surface area contributed by atoms with E-state index < -0.39 is 6.10 Å². The quantitative estimate of drug-likeness (QED) is 0.727. The molecule has 0 spiro atoms. The molecule has 0 radical (unpaired) electrons. The summed E-state index contributed by atoms with van der Waals surface area (Å²) in [5, 5.41) is 12.9. The van der Waals surface area contributed by atoms with Gasteiger partial charge in [-0.05, 0) is 55.9 Å². The average Bonchev–Trinajstić information content (AvgIpc) is 3.23. The van der Waals surface area contributed by atoms with E-state index in [4.69, 9.17) is 9.47 Å². The highest BCUT2D eigenvalue weighted by atomic mass is 32.1. The molecule has 0 saturated carbocycles. The van der Waals surface area contributed by atoms with Crippen LogP contribution in [0.5, 0.6) is 11.5 Å². The van der Waals surface area contributed by atoms with Crippen molar-refractivity contribution < 1.29 is 14.3 Å². The lowest BCUT2D eigenvalue weighted by atomic mass is 10.1. The molecule has 5 nitrogen and oxygen atoms in total. The van der Waals surface area contributed by atoms with Crippen LogP contribution in [0.3, 0.4) is 0 Å². The highest BCUT2D eigenvalue weighted by Crippen LogP contribution is 2.38. The van der Waals surface area contributed by atoms with Gasteiger partial charge in [0.2, 0.25) is 0 Å². The fourth-order valence-corrected chi connectivity index (χ4v) is 4.41. The number of amides is 1. The lowest BCUT2D eigenvalue weighted by Crippen LogP contribution is -2.30. The van der Waals surface area contributed by atoms with E-state index in [0.29, 0.717) is 22.1 Å². The van der Waals surface area contributed by atoms with Crippen molar-refractivity contribution in [1.29, 1.82) is 5.26 Å². The molecule has 2 aromatic rings. The number of nitrogens with one attached hydrogen (secondary N) is 1. The molecule has 0 saturated heterocycles. The summed E-state index contributed by atoms with van der Waals surface area (Å²) in [6, 6.07) is 7.82. The smallest absolute Gasteiger partial charge is 0.265 e. The molecule has 1 aromatic heterocycles. The summed E-state index contributed by atoms with van der Waals surface area (Å²) < 4.78 is 11.2. The summed E-state index contributed by atoms with van der Waals surface area (Å²) >= 11 is 1.50. The van der Waals surface area contributed by atoms with E-state index in [-0.39, 0.29) is 5.91 Å². The Labute approximate surface area is 163 Å². The Morgan fingerprint density at radius 1 is 1.44 bits per heavy atom. The van der Waals surface area contributed by atoms with Gasteiger partial charge < -0.3 is 14.8 Å². The second-order valence-corrected chi connectivity index (χ2v) is 7.51. The molecule has 0 bridgehead atoms. The van der Waals surface area contributed by atoms with Crippen LogP contribution in [-0.2, 0) is 24.1 Å². The summed E-state index contributed by atoms with van der Waals surface area (Å²) in [6.07, 6.45) is 4.78. The number of rotatable bonds is 7. The Balaban J connectivity index is 1.72. The maximum Gasteiger partial charge on any atom is 0.265 e. The van der Waals surface area contributed by atoms with Crippen LogP contribution >= 0.6 is 11.3 Å². The molecule has 27 heavy (non-hydrogen) atoms. The number of nitriles is 1. The van der Waals surface area contributed by atoms with E-state index >= 15 is 0 Å². The van der Waals surface area contributed by atoms with Crippen molar-refractivity contribution in [3.8, 4) is 17.6 Å². The standard InChI is InChI=1S/C21H22N2O3S/c1-4-6-14-9-10-17(18(11-14)25-3)26-13(2)20(24)23-21-16(12-22)15-7-5-8-19(15)27-21/h4,9-11,13H,1,5-8H2,2-3H3,(H,23,24)/t13-/m0/s1. The van der Waals surface area contributed by atoms with E-state index in [1.165, 1.54) is 16.2 Å². The minimum absolute atomic E-state index is 0.288. The lowest BCUT2D eigenvalue weighted by Gasteiger charge is -2.17. The normalized spacial score (nSPS) is 13.4. The second kappa shape index (κ2) is 8.28. The maximum atomic E-state index is 12.6. The number of hydrogen-bond donors (Lipinski definition) is 1. The Hall–Kier alpha value is -2.78. The molecule has 0 aliphatic heterocycles. The van der Waals surface area contributed by atoms with Crippen LogP contribution in [-0.4, -0.2) is 19.1 Å². The van der Waals surface area contributed by atoms with Crippen molar-refractivity contribution in [3.05, 3.63) is 52.4 Å². The summed E-state index contributed by atoms with van der Waals surface area (Å²) in [6.45, 7) is 5.41. The van der Waals surface area contributed by atoms with Crippen molar-refractivity contribution in [2.75, 3.05) is 12.4 Å². The number of ether oxygens (including phenoxy) is 2. The van der Waals surface area contributed by atoms with Gasteiger partial charge in [-0.15, -0.1) is 17.9 Å². The van der Waals surface area contributed by atoms with Gasteiger partial charge in [-0.25, -0.2) is 0 Å². The van der Waals surface area contributed by atoms with Gasteiger partial charge in [-0.3, -0.25) is 4.79 Å². The summed E-state index contributed by atoms with van der Waals surface area (Å²) in [7, 11) is 1.57. The molecule has 0 fully saturated rings. The van der Waals surface area contributed by atoms with Gasteiger partial charge in [0.25, 0.3) is 5.91 Å². The van der Waals surface area contributed by atoms with Crippen LogP contribution in [0.15, 0.2) is 30.9 Å². The van der Waals surface area contributed by atoms with Gasteiger partial charge >= 0.3 is 0 Å². The number of anilines is 1. The molecule has 140 valence electrons. The molecule has 1 aliphatic carbocycles. The molecular formula is C21H22N2O3S. The Kier molecular flexibility index (Phi) is 5.82. The number of nitrogens with zero attached hydrogens (tertiary/aromatic N) is 1. The maximum absolute atomic E-state index is 12.6. The van der Waals surface area contributed by atoms with Crippen molar-refractivity contribution in [2.24, 2.45) is 0 Å². The summed E-state index contributed by atoms with van der Waals surface area (Å²) in [5.74, 6) is 0.785. The zero-order valence-corrected chi connectivity index (χ0v) is 16.3. The number of allylic oxidation sites excluding steroid dienone is 1. The van der Waals surface area contributed by atoms with Gasteiger partial charge in [-0.1, -0.05) is 12.1 Å². The fourth-order valence-electron chi connectivity index (χ4n) is 3.17. The second-order valence-electron chi connectivity index (χ2n) is 6.40. The van der Waals surface area contributed by atoms with Gasteiger partial charge in [0.05, 0.1) is 12.7 Å². The third-order valence-corrected chi connectivity index (χ3v) is 5.76. The van der Waals surface area contributed by atoms with Crippen LogP contribution in [0, 0.1) is 11.3 Å². The van der Waals surface area contributed by atoms with Crippen molar-refractivity contribution >= 4 is 22.2 Å². The molecule has 0 unspecified atom stereocenters. The molecule has 3 rings (SSSR count). The predicted molar refractivity (Wildman–Crippen MR) is 107 cm³/mol. The zero-order chi connectivity index (χ0) is 19.4. The van der Waals surface area contributed by atoms with E-state index in [2.05, 4.69) is 18.0 Å². The SMILES string of the molecule is C=CCc1ccc(O[C@@H](C)C(=O)Nc2sc3c(c2C#N)CCC3)c(OC)c1. The van der Waals surface area contributed by atoms with Crippen LogP contribution in [0.4, 0.5) is 5.00 Å². The number of hydrogen-bond acceptors (Lipinski definition) is 5. The largest absolute Gasteiger partial charge is 0.493 e. The van der Waals surface area contributed by atoms with E-state index in [1.54, 1.807) is 20.1 Å². The highest BCUT2D eigenvalue weighted by Gasteiger charge is 2.25. The molecule has 1 aliphatic rings. The first kappa shape index (κ1) is 19.0. The number of carbonyl (C=O) groups is 1. The number of methoxy groups -OCH3 is 1. The number of benzene rings is 1. The Morgan fingerprint density at radius 2 is 2.26 bits per heavy atom. The molecule has 6 heteroatoms. The van der Waals surface area contributed by atoms with Crippen LogP contribution in [0.2, 0.25) is 0 Å². The van der Waals surface area contributed by atoms with Crippen molar-refractivity contribution in [2.45, 2.75) is 38.7 Å². The predicted octanol–water partition coefficient (Wildman–Crippen LogP) is 4.25. The number of thiophene rings is 1. The molecular weight excluding hydrogens is 360 g/mol. The van der Waals surface area contributed by atoms with Crippen LogP contribution < -0.4 is 14.8 Å². The monoisotopic (exact) mass is 382 g/mol. The molecule has 1 amide bonds. The Morgan fingerprint density at radius 3 is 2.96 bits per heavy atom. The van der Waals surface area contributed by atoms with Crippen LogP contribution in [0.1, 0.15) is 34.9 Å². The average molecular weight is 382 g/mol. The van der Waals surface area contributed by atoms with Gasteiger partial charge in [0, 0.05) is 4.88 Å². The first-order valence-corrected chi connectivity index (χ1v) is 9.69. The highest BCUT2D eigenvalue weighted by molar-refractivity contribution is 7.16. The fraction of sp³-hybridized carbons (Fsp3) is 0.333. The van der Waals surface area contributed by atoms with Crippen molar-refractivity contribution in [1.82, 2.24) is 0 Å². The lowest BCUT2D eigenvalue weighted by molar-refractivity contribution is -0.122. The minimum Gasteiger partial charge on any atom is -0.493 e. The van der Waals surface area contributed by atoms with Gasteiger partial charge in [0.1, 0.15) is 11.1 Å². The molecule has 1 aromatic carbocycles. The Bertz CT molecular complexity index is 911. The minimum atomic E-state index is -0.729. The van der Waals surface area contributed by atoms with Crippen LogP contribution in [0.25, 0.3) is 0 Å². The third-order valence-electron chi connectivity index (χ3n) is 4.55. The number of carbonyl (C=O) groups excluding carboxylic acids is 1. The number of fused-ring (bicyclic) bond motifs is 1. The molecule has 1 atom stereocenters. The first-order chi connectivity index (χ1) is 13.1.